The molecule has 0 aliphatic carbocycles. The molecule has 0 radical (unpaired) electrons. The topological polar surface area (TPSA) is 18.5 Å². The molecule has 32 heavy (non-hydrogen) atoms. The molecule has 4 rings (SSSR count). The van der Waals surface area contributed by atoms with Crippen LogP contribution in [0, 0.1) is 6.92 Å². The Morgan fingerprint density at radius 3 is 1.44 bits per heavy atom. The average molecular weight is 425 g/mol. The number of ether oxygens (including phenoxy) is 2. The summed E-state index contributed by atoms with van der Waals surface area (Å²) in [7, 11) is 3.47. The molecular formula is C30H32O2. The van der Waals surface area contributed by atoms with Crippen molar-refractivity contribution in [2.45, 2.75) is 26.1 Å². The van der Waals surface area contributed by atoms with Crippen LogP contribution in [-0.4, -0.2) is 14.2 Å². The minimum atomic E-state index is -0.372. The zero-order chi connectivity index (χ0) is 22.8. The fourth-order valence-corrected chi connectivity index (χ4v) is 3.62. The largest absolute Gasteiger partial charge is 0.380 e. The molecule has 0 heterocycles. The third-order valence-electron chi connectivity index (χ3n) is 5.71. The highest BCUT2D eigenvalue weighted by molar-refractivity contribution is 5.63. The lowest BCUT2D eigenvalue weighted by atomic mass is 9.88. The summed E-state index contributed by atoms with van der Waals surface area (Å²) in [5.74, 6) is 0. The van der Waals surface area contributed by atoms with E-state index in [1.54, 1.807) is 14.2 Å². The number of aryl methyl sites for hydroxylation is 1. The van der Waals surface area contributed by atoms with Crippen LogP contribution in [0.5, 0.6) is 0 Å². The van der Waals surface area contributed by atoms with Crippen molar-refractivity contribution in [2.24, 2.45) is 0 Å². The van der Waals surface area contributed by atoms with Gasteiger partial charge < -0.3 is 9.47 Å². The summed E-state index contributed by atoms with van der Waals surface area (Å²) in [4.78, 5) is 0. The molecule has 0 aromatic heterocycles. The van der Waals surface area contributed by atoms with Gasteiger partial charge in [0.15, 0.2) is 0 Å². The maximum Gasteiger partial charge on any atom is 0.115 e. The van der Waals surface area contributed by atoms with Crippen molar-refractivity contribution in [3.8, 4) is 11.1 Å². The summed E-state index contributed by atoms with van der Waals surface area (Å²) in [5, 5.41) is 0. The molecule has 0 saturated heterocycles. The van der Waals surface area contributed by atoms with Crippen molar-refractivity contribution >= 4 is 0 Å². The molecule has 0 unspecified atom stereocenters. The second kappa shape index (κ2) is 11.4. The van der Waals surface area contributed by atoms with Crippen molar-refractivity contribution in [2.75, 3.05) is 14.2 Å². The summed E-state index contributed by atoms with van der Waals surface area (Å²) in [6, 6.07) is 37.6. The van der Waals surface area contributed by atoms with Gasteiger partial charge in [0, 0.05) is 14.2 Å². The molecule has 0 saturated carbocycles. The lowest BCUT2D eigenvalue weighted by Gasteiger charge is -2.29. The van der Waals surface area contributed by atoms with Crippen LogP contribution in [0.4, 0.5) is 0 Å². The fraction of sp³-hybridized carbons (Fsp3) is 0.200. The smallest absolute Gasteiger partial charge is 0.115 e. The minimum Gasteiger partial charge on any atom is -0.380 e. The van der Waals surface area contributed by atoms with E-state index in [2.05, 4.69) is 86.6 Å². The number of rotatable bonds is 6. The molecule has 0 atom stereocenters. The number of benzene rings is 4. The summed E-state index contributed by atoms with van der Waals surface area (Å²) >= 11 is 0. The first-order valence-electron chi connectivity index (χ1n) is 10.9. The maximum absolute atomic E-state index is 5.71. The van der Waals surface area contributed by atoms with Crippen molar-refractivity contribution < 1.29 is 9.47 Å². The Balaban J connectivity index is 0.000000181. The van der Waals surface area contributed by atoms with E-state index >= 15 is 0 Å². The van der Waals surface area contributed by atoms with E-state index in [1.165, 1.54) is 33.4 Å². The molecule has 2 nitrogen and oxygen atoms in total. The van der Waals surface area contributed by atoms with Crippen LogP contribution in [0.3, 0.4) is 0 Å². The van der Waals surface area contributed by atoms with Gasteiger partial charge in [0.25, 0.3) is 0 Å². The van der Waals surface area contributed by atoms with Gasteiger partial charge in [-0.1, -0.05) is 115 Å². The van der Waals surface area contributed by atoms with Gasteiger partial charge in [-0.15, -0.1) is 0 Å². The summed E-state index contributed by atoms with van der Waals surface area (Å²) in [5.41, 5.74) is 6.97. The molecule has 2 heteroatoms. The molecule has 4 aromatic rings. The van der Waals surface area contributed by atoms with E-state index in [4.69, 9.17) is 9.47 Å². The van der Waals surface area contributed by atoms with E-state index in [0.29, 0.717) is 6.61 Å². The summed E-state index contributed by atoms with van der Waals surface area (Å²) < 4.78 is 10.8. The zero-order valence-corrected chi connectivity index (χ0v) is 19.4. The monoisotopic (exact) mass is 424 g/mol. The van der Waals surface area contributed by atoms with Gasteiger partial charge in [-0.3, -0.25) is 0 Å². The normalized spacial score (nSPS) is 10.9. The van der Waals surface area contributed by atoms with Crippen LogP contribution >= 0.6 is 0 Å². The molecule has 0 amide bonds. The molecule has 0 fully saturated rings. The van der Waals surface area contributed by atoms with Crippen LogP contribution in [0.1, 0.15) is 29.2 Å². The third kappa shape index (κ3) is 5.94. The lowest BCUT2D eigenvalue weighted by molar-refractivity contribution is 0.0391. The Labute approximate surface area is 192 Å². The predicted octanol–water partition coefficient (Wildman–Crippen LogP) is 7.40. The Morgan fingerprint density at radius 2 is 1.03 bits per heavy atom. The highest BCUT2D eigenvalue weighted by Gasteiger charge is 2.27. The van der Waals surface area contributed by atoms with Gasteiger partial charge in [0.05, 0.1) is 6.61 Å². The second-order valence-corrected chi connectivity index (χ2v) is 7.97. The van der Waals surface area contributed by atoms with Crippen LogP contribution in [0.25, 0.3) is 11.1 Å². The molecule has 0 aliphatic heterocycles. The number of methoxy groups -OCH3 is 2. The van der Waals surface area contributed by atoms with Gasteiger partial charge in [-0.05, 0) is 41.7 Å². The molecule has 0 aliphatic rings. The highest BCUT2D eigenvalue weighted by atomic mass is 16.5. The average Bonchev–Trinajstić information content (AvgIpc) is 2.86. The first-order chi connectivity index (χ1) is 15.6. The van der Waals surface area contributed by atoms with Crippen LogP contribution in [-0.2, 0) is 21.7 Å². The second-order valence-electron chi connectivity index (χ2n) is 7.97. The first kappa shape index (κ1) is 23.5. The van der Waals surface area contributed by atoms with Crippen LogP contribution in [0.2, 0.25) is 0 Å². The van der Waals surface area contributed by atoms with E-state index in [-0.39, 0.29) is 5.60 Å². The molecular weight excluding hydrogens is 392 g/mol. The van der Waals surface area contributed by atoms with E-state index < -0.39 is 0 Å². The van der Waals surface area contributed by atoms with Crippen molar-refractivity contribution in [3.05, 3.63) is 131 Å². The summed E-state index contributed by atoms with van der Waals surface area (Å²) in [6.07, 6.45) is 0. The fourth-order valence-electron chi connectivity index (χ4n) is 3.62. The standard InChI is InChI=1S/2C15H16O/c1-12-3-7-14(8-4-12)15-9-5-13(6-10-15)11-16-2;1-15(16-2,13-9-5-3-6-10-13)14-11-7-4-8-12-14/h3-10H,11H2,1-2H3;3-12H,1-2H3. The predicted molar refractivity (Wildman–Crippen MR) is 134 cm³/mol. The summed E-state index contributed by atoms with van der Waals surface area (Å²) in [6.45, 7) is 4.87. The molecule has 4 aromatic carbocycles. The van der Waals surface area contributed by atoms with Crippen LogP contribution < -0.4 is 0 Å². The Hall–Kier alpha value is -3.20. The van der Waals surface area contributed by atoms with Crippen molar-refractivity contribution in [3.63, 3.8) is 0 Å². The van der Waals surface area contributed by atoms with Gasteiger partial charge in [-0.25, -0.2) is 0 Å². The maximum atomic E-state index is 5.71. The number of hydrogen-bond acceptors (Lipinski definition) is 2. The molecule has 164 valence electrons. The van der Waals surface area contributed by atoms with Gasteiger partial charge >= 0.3 is 0 Å². The minimum absolute atomic E-state index is 0.372. The Kier molecular flexibility index (Phi) is 8.38. The van der Waals surface area contributed by atoms with Gasteiger partial charge in [-0.2, -0.15) is 0 Å². The molecule has 0 bridgehead atoms. The van der Waals surface area contributed by atoms with Gasteiger partial charge in [0.1, 0.15) is 5.60 Å². The Morgan fingerprint density at radius 1 is 0.594 bits per heavy atom. The van der Waals surface area contributed by atoms with Crippen molar-refractivity contribution in [1.82, 2.24) is 0 Å². The quantitative estimate of drug-likeness (QED) is 0.321. The van der Waals surface area contributed by atoms with Gasteiger partial charge in [0.2, 0.25) is 0 Å². The molecule has 0 spiro atoms. The zero-order valence-electron chi connectivity index (χ0n) is 19.4. The SMILES string of the molecule is COC(C)(c1ccccc1)c1ccccc1.COCc1ccc(-c2ccc(C)cc2)cc1. The van der Waals surface area contributed by atoms with E-state index in [1.807, 2.05) is 36.4 Å². The first-order valence-corrected chi connectivity index (χ1v) is 10.9. The lowest BCUT2D eigenvalue weighted by Crippen LogP contribution is -2.25. The van der Waals surface area contributed by atoms with E-state index in [9.17, 15) is 0 Å². The molecule has 0 N–H and O–H groups in total. The van der Waals surface area contributed by atoms with Crippen LogP contribution in [0.15, 0.2) is 109 Å². The van der Waals surface area contributed by atoms with E-state index in [0.717, 1.165) is 0 Å². The number of hydrogen-bond donors (Lipinski definition) is 0. The highest BCUT2D eigenvalue weighted by Crippen LogP contribution is 2.32. The Bertz CT molecular complexity index is 1010. The third-order valence-corrected chi connectivity index (χ3v) is 5.71. The van der Waals surface area contributed by atoms with Crippen molar-refractivity contribution in [1.29, 1.82) is 0 Å².